The van der Waals surface area contributed by atoms with Crippen LogP contribution in [0.2, 0.25) is 0 Å². The number of hydrogen-bond acceptors (Lipinski definition) is 6. The van der Waals surface area contributed by atoms with E-state index in [1.807, 2.05) is 41.9 Å². The van der Waals surface area contributed by atoms with Crippen LogP contribution in [-0.4, -0.2) is 45.4 Å². The van der Waals surface area contributed by atoms with Gasteiger partial charge in [-0.05, 0) is 25.5 Å². The number of aromatic nitrogens is 4. The van der Waals surface area contributed by atoms with E-state index in [4.69, 9.17) is 9.15 Å². The molecule has 10 heteroatoms. The molecular weight excluding hydrogens is 509 g/mol. The van der Waals surface area contributed by atoms with Gasteiger partial charge in [0.15, 0.2) is 11.8 Å². The number of nitrogens with zero attached hydrogens (tertiary/aromatic N) is 5. The zero-order valence-electron chi connectivity index (χ0n) is 17.7. The minimum atomic E-state index is 0. The van der Waals surface area contributed by atoms with E-state index in [2.05, 4.69) is 30.7 Å². The van der Waals surface area contributed by atoms with Gasteiger partial charge in [-0.25, -0.2) is 19.6 Å². The van der Waals surface area contributed by atoms with Gasteiger partial charge in [0.2, 0.25) is 5.89 Å². The molecule has 0 amide bonds. The van der Waals surface area contributed by atoms with Crippen molar-refractivity contribution in [1.29, 1.82) is 0 Å². The van der Waals surface area contributed by atoms with Gasteiger partial charge >= 0.3 is 0 Å². The first-order valence-corrected chi connectivity index (χ1v) is 10.2. The van der Waals surface area contributed by atoms with Gasteiger partial charge in [-0.3, -0.25) is 0 Å². The van der Waals surface area contributed by atoms with Gasteiger partial charge in [0.25, 0.3) is 0 Å². The molecular formula is C21H28IN7O2. The smallest absolute Gasteiger partial charge is 0.226 e. The lowest BCUT2D eigenvalue weighted by molar-refractivity contribution is 0.177. The Morgan fingerprint density at radius 3 is 2.90 bits per heavy atom. The Morgan fingerprint density at radius 1 is 1.29 bits per heavy atom. The highest BCUT2D eigenvalue weighted by molar-refractivity contribution is 14.0. The van der Waals surface area contributed by atoms with Crippen LogP contribution in [0.1, 0.15) is 30.7 Å². The van der Waals surface area contributed by atoms with Crippen molar-refractivity contribution in [2.24, 2.45) is 4.99 Å². The van der Waals surface area contributed by atoms with Crippen LogP contribution in [0.15, 0.2) is 46.0 Å². The Bertz CT molecular complexity index is 987. The lowest BCUT2D eigenvalue weighted by Crippen LogP contribution is -2.47. The Labute approximate surface area is 198 Å². The third kappa shape index (κ3) is 6.03. The van der Waals surface area contributed by atoms with Crippen molar-refractivity contribution in [2.45, 2.75) is 45.5 Å². The first kappa shape index (κ1) is 23.2. The third-order valence-electron chi connectivity index (χ3n) is 4.83. The number of guanidine groups is 1. The Hall–Kier alpha value is -2.47. The number of rotatable bonds is 7. The Kier molecular flexibility index (Phi) is 8.41. The predicted octanol–water partition coefficient (Wildman–Crippen LogP) is 2.77. The molecule has 4 rings (SSSR count). The highest BCUT2D eigenvalue weighted by Crippen LogP contribution is 2.18. The van der Waals surface area contributed by atoms with Crippen molar-refractivity contribution < 1.29 is 9.15 Å². The van der Waals surface area contributed by atoms with E-state index in [0.29, 0.717) is 19.0 Å². The average Bonchev–Trinajstić information content (AvgIpc) is 3.39. The molecule has 2 aromatic heterocycles. The average molecular weight is 537 g/mol. The van der Waals surface area contributed by atoms with Crippen LogP contribution in [0.5, 0.6) is 0 Å². The van der Waals surface area contributed by atoms with Crippen molar-refractivity contribution in [3.05, 3.63) is 53.9 Å². The number of aliphatic imine (C=N–C) groups is 1. The van der Waals surface area contributed by atoms with E-state index in [9.17, 15) is 0 Å². The maximum atomic E-state index is 5.60. The third-order valence-corrected chi connectivity index (χ3v) is 4.83. The second kappa shape index (κ2) is 11.2. The highest BCUT2D eigenvalue weighted by atomic mass is 127. The molecule has 0 saturated carbocycles. The molecule has 0 radical (unpaired) electrons. The molecule has 1 aliphatic rings. The van der Waals surface area contributed by atoms with Crippen LogP contribution in [0.3, 0.4) is 0 Å². The van der Waals surface area contributed by atoms with Crippen LogP contribution in [-0.2, 0) is 30.9 Å². The maximum absolute atomic E-state index is 5.60. The fourth-order valence-corrected chi connectivity index (χ4v) is 3.44. The zero-order chi connectivity index (χ0) is 20.8. The van der Waals surface area contributed by atoms with Crippen LogP contribution in [0, 0.1) is 0 Å². The number of aryl methyl sites for hydroxylation is 1. The van der Waals surface area contributed by atoms with Crippen molar-refractivity contribution in [3.8, 4) is 11.5 Å². The molecule has 0 aliphatic carbocycles. The molecule has 0 fully saturated rings. The normalized spacial score (nSPS) is 15.8. The standard InChI is InChI=1S/C21H27N7O2.HI/c1-3-22-21(23-11-17-13-30-20(24-17)15-7-5-4-6-8-15)25-16-9-10-19-26-18(14-29-2)27-28(19)12-16;/h4-8,13,16H,3,9-12,14H2,1-2H3,(H2,22,23,25);1H. The van der Waals surface area contributed by atoms with Gasteiger partial charge in [0, 0.05) is 31.7 Å². The summed E-state index contributed by atoms with van der Waals surface area (Å²) in [5, 5.41) is 11.3. The number of fused-ring (bicyclic) bond motifs is 1. The van der Waals surface area contributed by atoms with Gasteiger partial charge in [0.1, 0.15) is 24.4 Å². The molecule has 3 heterocycles. The summed E-state index contributed by atoms with van der Waals surface area (Å²) in [5.74, 6) is 3.11. The number of methoxy groups -OCH3 is 1. The van der Waals surface area contributed by atoms with Crippen molar-refractivity contribution in [2.75, 3.05) is 13.7 Å². The summed E-state index contributed by atoms with van der Waals surface area (Å²) in [6.45, 7) is 4.45. The quantitative estimate of drug-likeness (QED) is 0.272. The molecule has 31 heavy (non-hydrogen) atoms. The summed E-state index contributed by atoms with van der Waals surface area (Å²) >= 11 is 0. The fraction of sp³-hybridized carbons (Fsp3) is 0.429. The molecule has 1 atom stereocenters. The maximum Gasteiger partial charge on any atom is 0.226 e. The summed E-state index contributed by atoms with van der Waals surface area (Å²) in [4.78, 5) is 13.8. The van der Waals surface area contributed by atoms with Gasteiger partial charge in [-0.15, -0.1) is 24.0 Å². The van der Waals surface area contributed by atoms with Crippen LogP contribution >= 0.6 is 24.0 Å². The molecule has 1 unspecified atom stereocenters. The summed E-state index contributed by atoms with van der Waals surface area (Å²) in [6.07, 6.45) is 3.50. The largest absolute Gasteiger partial charge is 0.444 e. The van der Waals surface area contributed by atoms with Gasteiger partial charge in [-0.1, -0.05) is 18.2 Å². The second-order valence-electron chi connectivity index (χ2n) is 7.14. The molecule has 1 aromatic carbocycles. The number of hydrogen-bond donors (Lipinski definition) is 2. The summed E-state index contributed by atoms with van der Waals surface area (Å²) in [7, 11) is 1.65. The summed E-state index contributed by atoms with van der Waals surface area (Å²) in [5.41, 5.74) is 1.74. The van der Waals surface area contributed by atoms with E-state index in [1.54, 1.807) is 13.4 Å². The van der Waals surface area contributed by atoms with Crippen molar-refractivity contribution in [1.82, 2.24) is 30.4 Å². The Balaban J connectivity index is 0.00000272. The lowest BCUT2D eigenvalue weighted by Gasteiger charge is -2.25. The number of halogens is 1. The second-order valence-corrected chi connectivity index (χ2v) is 7.14. The van der Waals surface area contributed by atoms with Gasteiger partial charge in [-0.2, -0.15) is 5.10 Å². The van der Waals surface area contributed by atoms with Crippen molar-refractivity contribution in [3.63, 3.8) is 0 Å². The van der Waals surface area contributed by atoms with Crippen LogP contribution in [0.25, 0.3) is 11.5 Å². The SMILES string of the molecule is CCNC(=NCc1coc(-c2ccccc2)n1)NC1CCc2nc(COC)nn2C1.I. The zero-order valence-corrected chi connectivity index (χ0v) is 20.1. The monoisotopic (exact) mass is 537 g/mol. The van der Waals surface area contributed by atoms with Crippen molar-refractivity contribution >= 4 is 29.9 Å². The minimum absolute atomic E-state index is 0. The highest BCUT2D eigenvalue weighted by Gasteiger charge is 2.22. The molecule has 0 spiro atoms. The fourth-order valence-electron chi connectivity index (χ4n) is 3.44. The molecule has 2 N–H and O–H groups in total. The molecule has 1 aliphatic heterocycles. The number of ether oxygens (including phenoxy) is 1. The van der Waals surface area contributed by atoms with Gasteiger partial charge < -0.3 is 19.8 Å². The predicted molar refractivity (Wildman–Crippen MR) is 128 cm³/mol. The molecule has 0 bridgehead atoms. The van der Waals surface area contributed by atoms with Gasteiger partial charge in [0.05, 0.1) is 13.1 Å². The van der Waals surface area contributed by atoms with E-state index in [-0.39, 0.29) is 30.0 Å². The van der Waals surface area contributed by atoms with E-state index in [0.717, 1.165) is 54.8 Å². The number of nitrogens with one attached hydrogen (secondary N) is 2. The minimum Gasteiger partial charge on any atom is -0.444 e. The van der Waals surface area contributed by atoms with Crippen LogP contribution in [0.4, 0.5) is 0 Å². The van der Waals surface area contributed by atoms with E-state index >= 15 is 0 Å². The topological polar surface area (TPSA) is 102 Å². The van der Waals surface area contributed by atoms with E-state index in [1.165, 1.54) is 0 Å². The lowest BCUT2D eigenvalue weighted by atomic mass is 10.1. The molecule has 3 aromatic rings. The van der Waals surface area contributed by atoms with E-state index < -0.39 is 0 Å². The van der Waals surface area contributed by atoms with Crippen LogP contribution < -0.4 is 10.6 Å². The first-order chi connectivity index (χ1) is 14.7. The first-order valence-electron chi connectivity index (χ1n) is 10.2. The molecule has 166 valence electrons. The summed E-state index contributed by atoms with van der Waals surface area (Å²) < 4.78 is 12.7. The Morgan fingerprint density at radius 2 is 2.13 bits per heavy atom. The summed E-state index contributed by atoms with van der Waals surface area (Å²) in [6, 6.07) is 10.1. The molecule has 9 nitrogen and oxygen atoms in total. The number of benzene rings is 1. The number of oxazole rings is 1. The molecule has 0 saturated heterocycles.